The van der Waals surface area contributed by atoms with Crippen molar-refractivity contribution in [3.8, 4) is 0 Å². The third kappa shape index (κ3) is 2.74. The van der Waals surface area contributed by atoms with E-state index in [9.17, 15) is 13.6 Å². The van der Waals surface area contributed by atoms with E-state index in [0.29, 0.717) is 19.5 Å². The van der Waals surface area contributed by atoms with Gasteiger partial charge in [0.05, 0.1) is 0 Å². The third-order valence-corrected chi connectivity index (χ3v) is 3.45. The first kappa shape index (κ1) is 13.5. The summed E-state index contributed by atoms with van der Waals surface area (Å²) in [5.41, 5.74) is -0.550. The SMILES string of the molecule is CC(C)(C)OC(=O)N1CC[C@@H]2[C@@H](CNC2(F)F)C1. The van der Waals surface area contributed by atoms with Crippen LogP contribution in [0.25, 0.3) is 0 Å². The lowest BCUT2D eigenvalue weighted by Gasteiger charge is -2.36. The van der Waals surface area contributed by atoms with E-state index < -0.39 is 23.7 Å². The van der Waals surface area contributed by atoms with Crippen molar-refractivity contribution in [2.75, 3.05) is 19.6 Å². The van der Waals surface area contributed by atoms with Crippen molar-refractivity contribution in [1.82, 2.24) is 10.2 Å². The number of hydrogen-bond acceptors (Lipinski definition) is 3. The number of piperidine rings is 1. The van der Waals surface area contributed by atoms with Crippen LogP contribution in [0.4, 0.5) is 13.6 Å². The van der Waals surface area contributed by atoms with Crippen LogP contribution in [0.15, 0.2) is 0 Å². The fraction of sp³-hybridized carbons (Fsp3) is 0.917. The number of rotatable bonds is 0. The predicted molar refractivity (Wildman–Crippen MR) is 62.4 cm³/mol. The van der Waals surface area contributed by atoms with E-state index in [1.54, 1.807) is 20.8 Å². The Bertz CT molecular complexity index is 341. The Kier molecular flexibility index (Phi) is 3.25. The zero-order valence-electron chi connectivity index (χ0n) is 11.0. The molecule has 2 atom stereocenters. The van der Waals surface area contributed by atoms with Crippen LogP contribution in [0.1, 0.15) is 27.2 Å². The molecule has 0 saturated carbocycles. The van der Waals surface area contributed by atoms with Crippen LogP contribution in [0.3, 0.4) is 0 Å². The molecule has 4 nitrogen and oxygen atoms in total. The van der Waals surface area contributed by atoms with E-state index in [1.807, 2.05) is 0 Å². The summed E-state index contributed by atoms with van der Waals surface area (Å²) in [6.07, 6.45) is -0.0830. The number of fused-ring (bicyclic) bond motifs is 1. The van der Waals surface area contributed by atoms with Gasteiger partial charge in [0.1, 0.15) is 5.60 Å². The Morgan fingerprint density at radius 3 is 2.72 bits per heavy atom. The lowest BCUT2D eigenvalue weighted by atomic mass is 9.87. The third-order valence-electron chi connectivity index (χ3n) is 3.45. The quantitative estimate of drug-likeness (QED) is 0.679. The first-order chi connectivity index (χ1) is 8.19. The summed E-state index contributed by atoms with van der Waals surface area (Å²) >= 11 is 0. The number of carbonyl (C=O) groups is 1. The number of hydrogen-bond donors (Lipinski definition) is 1. The molecule has 1 N–H and O–H groups in total. The lowest BCUT2D eigenvalue weighted by molar-refractivity contribution is -0.0820. The Hall–Kier alpha value is -0.910. The van der Waals surface area contributed by atoms with Crippen molar-refractivity contribution in [2.45, 2.75) is 38.8 Å². The van der Waals surface area contributed by atoms with Gasteiger partial charge in [-0.05, 0) is 33.1 Å². The fourth-order valence-corrected chi connectivity index (χ4v) is 2.61. The minimum atomic E-state index is -2.79. The second kappa shape index (κ2) is 4.33. The molecule has 0 aromatic rings. The summed E-state index contributed by atoms with van der Waals surface area (Å²) < 4.78 is 32.1. The molecule has 0 unspecified atom stereocenters. The molecule has 2 heterocycles. The molecule has 18 heavy (non-hydrogen) atoms. The van der Waals surface area contributed by atoms with Crippen LogP contribution in [-0.4, -0.2) is 42.3 Å². The predicted octanol–water partition coefficient (Wildman–Crippen LogP) is 2.06. The van der Waals surface area contributed by atoms with Gasteiger partial charge in [-0.3, -0.25) is 5.32 Å². The highest BCUT2D eigenvalue weighted by molar-refractivity contribution is 5.68. The first-order valence-electron chi connectivity index (χ1n) is 6.30. The van der Waals surface area contributed by atoms with Gasteiger partial charge in [0.2, 0.25) is 0 Å². The molecule has 0 aromatic carbocycles. The maximum atomic E-state index is 13.4. The highest BCUT2D eigenvalue weighted by Crippen LogP contribution is 2.39. The standard InChI is InChI=1S/C12H20F2N2O2/c1-11(2,3)18-10(17)16-5-4-9-8(7-16)6-15-12(9,13)14/h8-9,15H,4-7H2,1-3H3/t8-,9+/m0/s1. The van der Waals surface area contributed by atoms with Crippen molar-refractivity contribution >= 4 is 6.09 Å². The maximum Gasteiger partial charge on any atom is 0.410 e. The van der Waals surface area contributed by atoms with Gasteiger partial charge >= 0.3 is 12.1 Å². The fourth-order valence-electron chi connectivity index (χ4n) is 2.61. The van der Waals surface area contributed by atoms with E-state index in [4.69, 9.17) is 4.74 Å². The second-order valence-electron chi connectivity index (χ2n) is 6.09. The maximum absolute atomic E-state index is 13.4. The number of ether oxygens (including phenoxy) is 1. The van der Waals surface area contributed by atoms with Gasteiger partial charge in [-0.15, -0.1) is 0 Å². The summed E-state index contributed by atoms with van der Waals surface area (Å²) in [4.78, 5) is 13.4. The van der Waals surface area contributed by atoms with Gasteiger partial charge < -0.3 is 9.64 Å². The van der Waals surface area contributed by atoms with E-state index in [0.717, 1.165) is 0 Å². The highest BCUT2D eigenvalue weighted by atomic mass is 19.3. The minimum Gasteiger partial charge on any atom is -0.444 e. The largest absolute Gasteiger partial charge is 0.444 e. The topological polar surface area (TPSA) is 41.6 Å². The second-order valence-corrected chi connectivity index (χ2v) is 6.09. The molecule has 0 spiro atoms. The number of alkyl halides is 2. The highest BCUT2D eigenvalue weighted by Gasteiger charge is 2.52. The zero-order chi connectivity index (χ0) is 13.6. The summed E-state index contributed by atoms with van der Waals surface area (Å²) in [5, 5.41) is 2.23. The molecule has 104 valence electrons. The molecule has 0 radical (unpaired) electrons. The van der Waals surface area contributed by atoms with E-state index in [-0.39, 0.29) is 12.5 Å². The van der Waals surface area contributed by atoms with Crippen LogP contribution in [0.2, 0.25) is 0 Å². The molecule has 2 saturated heterocycles. The average molecular weight is 262 g/mol. The molecule has 1 amide bonds. The average Bonchev–Trinajstić information content (AvgIpc) is 2.52. The Labute approximate surface area is 106 Å². The minimum absolute atomic E-state index is 0.179. The smallest absolute Gasteiger partial charge is 0.410 e. The van der Waals surface area contributed by atoms with Crippen molar-refractivity contribution in [1.29, 1.82) is 0 Å². The van der Waals surface area contributed by atoms with Crippen LogP contribution in [0, 0.1) is 11.8 Å². The van der Waals surface area contributed by atoms with Gasteiger partial charge in [0, 0.05) is 25.6 Å². The number of carbonyl (C=O) groups excluding carboxylic acids is 1. The van der Waals surface area contributed by atoms with Crippen LogP contribution in [-0.2, 0) is 4.74 Å². The molecule has 0 bridgehead atoms. The molecule has 2 aliphatic rings. The summed E-state index contributed by atoms with van der Waals surface area (Å²) in [5.74, 6) is -0.836. The lowest BCUT2D eigenvalue weighted by Crippen LogP contribution is -2.47. The van der Waals surface area contributed by atoms with Crippen LogP contribution in [0.5, 0.6) is 0 Å². The zero-order valence-corrected chi connectivity index (χ0v) is 11.0. The Morgan fingerprint density at radius 2 is 2.11 bits per heavy atom. The number of likely N-dealkylation sites (tertiary alicyclic amines) is 1. The van der Waals surface area contributed by atoms with Gasteiger partial charge in [-0.25, -0.2) is 4.79 Å². The Balaban J connectivity index is 1.95. The molecule has 0 aromatic heterocycles. The van der Waals surface area contributed by atoms with Gasteiger partial charge in [0.25, 0.3) is 0 Å². The number of nitrogens with one attached hydrogen (secondary N) is 1. The molecule has 2 fully saturated rings. The van der Waals surface area contributed by atoms with Gasteiger partial charge in [-0.1, -0.05) is 0 Å². The number of nitrogens with zero attached hydrogens (tertiary/aromatic N) is 1. The Morgan fingerprint density at radius 1 is 1.44 bits per heavy atom. The summed E-state index contributed by atoms with van der Waals surface area (Å²) in [6.45, 7) is 6.33. The normalized spacial score (nSPS) is 31.1. The summed E-state index contributed by atoms with van der Waals surface area (Å²) in [6, 6.07) is -2.79. The molecular formula is C12H20F2N2O2. The van der Waals surface area contributed by atoms with Crippen molar-refractivity contribution in [2.24, 2.45) is 11.8 Å². The molecular weight excluding hydrogens is 242 g/mol. The van der Waals surface area contributed by atoms with Crippen molar-refractivity contribution < 1.29 is 18.3 Å². The molecule has 0 aliphatic carbocycles. The number of amides is 1. The van der Waals surface area contributed by atoms with Crippen LogP contribution < -0.4 is 5.32 Å². The first-order valence-corrected chi connectivity index (χ1v) is 6.30. The van der Waals surface area contributed by atoms with E-state index in [1.165, 1.54) is 4.90 Å². The van der Waals surface area contributed by atoms with Gasteiger partial charge in [0.15, 0.2) is 0 Å². The van der Waals surface area contributed by atoms with E-state index in [2.05, 4.69) is 5.32 Å². The monoisotopic (exact) mass is 262 g/mol. The summed E-state index contributed by atoms with van der Waals surface area (Å²) in [7, 11) is 0. The molecule has 2 rings (SSSR count). The van der Waals surface area contributed by atoms with Crippen LogP contribution >= 0.6 is 0 Å². The molecule has 2 aliphatic heterocycles. The van der Waals surface area contributed by atoms with Crippen molar-refractivity contribution in [3.05, 3.63) is 0 Å². The number of halogens is 2. The molecule has 6 heteroatoms. The van der Waals surface area contributed by atoms with Gasteiger partial charge in [-0.2, -0.15) is 8.78 Å². The van der Waals surface area contributed by atoms with Crippen molar-refractivity contribution in [3.63, 3.8) is 0 Å². The van der Waals surface area contributed by atoms with E-state index >= 15 is 0 Å².